The van der Waals surface area contributed by atoms with Crippen LogP contribution < -0.4 is 10.1 Å². The molecule has 7 nitrogen and oxygen atoms in total. The number of carbonyl (C=O) groups is 2. The van der Waals surface area contributed by atoms with Gasteiger partial charge < -0.3 is 25.2 Å². The third-order valence-corrected chi connectivity index (χ3v) is 9.82. The van der Waals surface area contributed by atoms with E-state index in [2.05, 4.69) is 41.8 Å². The van der Waals surface area contributed by atoms with Gasteiger partial charge in [-0.1, -0.05) is 39.0 Å². The molecule has 3 N–H and O–H groups in total. The lowest BCUT2D eigenvalue weighted by atomic mass is 9.45. The van der Waals surface area contributed by atoms with E-state index in [1.807, 2.05) is 37.3 Å². The Hall–Kier alpha value is -1.91. The molecule has 0 saturated heterocycles. The molecular weight excluding hydrogens is 595 g/mol. The largest absolute Gasteiger partial charge is 0.482 e. The Morgan fingerprint density at radius 1 is 1.26 bits per heavy atom. The van der Waals surface area contributed by atoms with E-state index in [4.69, 9.17) is 4.74 Å². The number of benzene rings is 1. The fourth-order valence-electron chi connectivity index (χ4n) is 6.60. The van der Waals surface area contributed by atoms with Crippen LogP contribution >= 0.6 is 22.6 Å². The maximum absolute atomic E-state index is 13.6. The standard InChI is InChI=1S/C30H41IN2O5/c1-4-5-10-27(35)33(18-19-11-12-21-17-22(19)30(21,2)3)24-15-20(29(37)32-13-14-34)16-26(28(24)36)38-25-9-7-6-8-23(25)31/h5-10,16,19,21-22,24,26,28,34,36H,4,11-15,17-18H2,1-3H3,(H,32,37)/t19-,21-,22-,24+,26-,28-/m0/s1. The van der Waals surface area contributed by atoms with Gasteiger partial charge in [-0.3, -0.25) is 9.59 Å². The molecular formula is C30H41IN2O5. The van der Waals surface area contributed by atoms with Gasteiger partial charge in [0, 0.05) is 25.1 Å². The summed E-state index contributed by atoms with van der Waals surface area (Å²) >= 11 is 2.18. The van der Waals surface area contributed by atoms with E-state index in [0.29, 0.717) is 29.7 Å². The minimum Gasteiger partial charge on any atom is -0.482 e. The maximum Gasteiger partial charge on any atom is 0.247 e. The summed E-state index contributed by atoms with van der Waals surface area (Å²) in [6.45, 7) is 7.19. The Bertz CT molecular complexity index is 1070. The highest BCUT2D eigenvalue weighted by Gasteiger charge is 2.55. The Kier molecular flexibility index (Phi) is 9.58. The van der Waals surface area contributed by atoms with Crippen LogP contribution in [0, 0.1) is 26.7 Å². The molecule has 6 atom stereocenters. The summed E-state index contributed by atoms with van der Waals surface area (Å²) in [5.74, 6) is 1.82. The summed E-state index contributed by atoms with van der Waals surface area (Å²) in [4.78, 5) is 28.4. The van der Waals surface area contributed by atoms with Gasteiger partial charge in [0.15, 0.2) is 0 Å². The third-order valence-electron chi connectivity index (χ3n) is 8.93. The first-order valence-electron chi connectivity index (χ1n) is 13.8. The van der Waals surface area contributed by atoms with Crippen LogP contribution in [0.3, 0.4) is 0 Å². The second-order valence-corrected chi connectivity index (χ2v) is 12.6. The molecule has 3 saturated carbocycles. The molecule has 1 aromatic carbocycles. The number of hydrogen-bond donors (Lipinski definition) is 3. The average molecular weight is 637 g/mol. The van der Waals surface area contributed by atoms with Crippen LogP contribution in [0.1, 0.15) is 52.9 Å². The first-order valence-corrected chi connectivity index (χ1v) is 14.9. The Morgan fingerprint density at radius 2 is 2.03 bits per heavy atom. The molecule has 2 bridgehead atoms. The number of aliphatic hydroxyl groups is 2. The lowest BCUT2D eigenvalue weighted by molar-refractivity contribution is -0.143. The molecule has 2 amide bonds. The maximum atomic E-state index is 13.6. The van der Waals surface area contributed by atoms with Crippen molar-refractivity contribution in [1.82, 2.24) is 10.2 Å². The second-order valence-electron chi connectivity index (χ2n) is 11.4. The van der Waals surface area contributed by atoms with E-state index in [1.54, 1.807) is 17.1 Å². The molecule has 38 heavy (non-hydrogen) atoms. The topological polar surface area (TPSA) is 99.1 Å². The summed E-state index contributed by atoms with van der Waals surface area (Å²) in [6.07, 6.45) is 7.70. The van der Waals surface area contributed by atoms with Crippen LogP contribution in [0.2, 0.25) is 0 Å². The molecule has 3 fully saturated rings. The second kappa shape index (κ2) is 12.5. The van der Waals surface area contributed by atoms with E-state index in [1.165, 1.54) is 12.8 Å². The van der Waals surface area contributed by atoms with E-state index in [-0.39, 0.29) is 36.8 Å². The van der Waals surface area contributed by atoms with Crippen molar-refractivity contribution in [3.63, 3.8) is 0 Å². The molecule has 208 valence electrons. The summed E-state index contributed by atoms with van der Waals surface area (Å²) in [5.41, 5.74) is 0.724. The number of nitrogens with zero attached hydrogens (tertiary/aromatic N) is 1. The number of halogens is 1. The lowest BCUT2D eigenvalue weighted by Gasteiger charge is -2.61. The molecule has 1 aromatic rings. The molecule has 5 rings (SSSR count). The average Bonchev–Trinajstić information content (AvgIpc) is 2.91. The smallest absolute Gasteiger partial charge is 0.247 e. The molecule has 0 aliphatic heterocycles. The summed E-state index contributed by atoms with van der Waals surface area (Å²) in [7, 11) is 0. The molecule has 0 aromatic heterocycles. The molecule has 0 unspecified atom stereocenters. The van der Waals surface area contributed by atoms with Gasteiger partial charge in [-0.25, -0.2) is 0 Å². The van der Waals surface area contributed by atoms with Crippen LogP contribution in [0.5, 0.6) is 5.75 Å². The van der Waals surface area contributed by atoms with Gasteiger partial charge in [0.05, 0.1) is 16.2 Å². The molecule has 0 spiro atoms. The predicted molar refractivity (Wildman–Crippen MR) is 155 cm³/mol. The number of fused-ring (bicyclic) bond motifs is 2. The van der Waals surface area contributed by atoms with Crippen molar-refractivity contribution < 1.29 is 24.5 Å². The van der Waals surface area contributed by atoms with Crippen LogP contribution in [0.4, 0.5) is 0 Å². The number of aliphatic hydroxyl groups excluding tert-OH is 2. The Labute approximate surface area is 239 Å². The number of para-hydroxylation sites is 1. The highest BCUT2D eigenvalue weighted by Crippen LogP contribution is 2.61. The van der Waals surface area contributed by atoms with Gasteiger partial charge in [0.2, 0.25) is 11.8 Å². The molecule has 8 heteroatoms. The fraction of sp³-hybridized carbons (Fsp3) is 0.600. The monoisotopic (exact) mass is 636 g/mol. The fourth-order valence-corrected chi connectivity index (χ4v) is 7.12. The predicted octanol–water partition coefficient (Wildman–Crippen LogP) is 4.07. The number of allylic oxidation sites excluding steroid dienone is 1. The molecule has 0 heterocycles. The van der Waals surface area contributed by atoms with E-state index in [0.717, 1.165) is 22.3 Å². The third kappa shape index (κ3) is 6.12. The SMILES string of the molecule is CCC=CC(=O)N(C[C@@H]1CC[C@H]2C[C@@H]1C2(C)C)[C@@H]1CC(C(=O)NCCO)=C[C@H](Oc2ccccc2I)[C@H]1O. The molecule has 4 aliphatic carbocycles. The zero-order valence-corrected chi connectivity index (χ0v) is 24.8. The number of amides is 2. The lowest BCUT2D eigenvalue weighted by Crippen LogP contribution is -2.59. The van der Waals surface area contributed by atoms with Gasteiger partial charge in [-0.15, -0.1) is 0 Å². The Balaban J connectivity index is 1.65. The zero-order valence-electron chi connectivity index (χ0n) is 22.6. The van der Waals surface area contributed by atoms with E-state index in [9.17, 15) is 19.8 Å². The quantitative estimate of drug-likeness (QED) is 0.266. The molecule has 4 aliphatic rings. The van der Waals surface area contributed by atoms with Gasteiger partial charge in [-0.2, -0.15) is 0 Å². The van der Waals surface area contributed by atoms with Crippen molar-refractivity contribution in [1.29, 1.82) is 0 Å². The van der Waals surface area contributed by atoms with Crippen LogP contribution in [0.25, 0.3) is 0 Å². The highest BCUT2D eigenvalue weighted by molar-refractivity contribution is 14.1. The van der Waals surface area contributed by atoms with Gasteiger partial charge in [-0.05, 0) is 95.7 Å². The Morgan fingerprint density at radius 3 is 2.68 bits per heavy atom. The van der Waals surface area contributed by atoms with Crippen molar-refractivity contribution in [2.24, 2.45) is 23.2 Å². The van der Waals surface area contributed by atoms with Crippen molar-refractivity contribution in [2.45, 2.75) is 71.1 Å². The van der Waals surface area contributed by atoms with E-state index >= 15 is 0 Å². The zero-order chi connectivity index (χ0) is 27.4. The van der Waals surface area contributed by atoms with Gasteiger partial charge >= 0.3 is 0 Å². The van der Waals surface area contributed by atoms with Crippen LogP contribution in [-0.2, 0) is 9.59 Å². The van der Waals surface area contributed by atoms with Crippen molar-refractivity contribution >= 4 is 34.4 Å². The number of nitrogens with one attached hydrogen (secondary N) is 1. The summed E-state index contributed by atoms with van der Waals surface area (Å²) in [6, 6.07) is 6.92. The number of ether oxygens (including phenoxy) is 1. The normalized spacial score (nSPS) is 29.8. The van der Waals surface area contributed by atoms with Crippen LogP contribution in [-0.4, -0.2) is 64.9 Å². The minimum absolute atomic E-state index is 0.132. The van der Waals surface area contributed by atoms with Gasteiger partial charge in [0.1, 0.15) is 18.0 Å². The summed E-state index contributed by atoms with van der Waals surface area (Å²) in [5, 5.41) is 23.6. The van der Waals surface area contributed by atoms with Gasteiger partial charge in [0.25, 0.3) is 0 Å². The molecule has 0 radical (unpaired) electrons. The number of carbonyl (C=O) groups excluding carboxylic acids is 2. The minimum atomic E-state index is -1.01. The highest BCUT2D eigenvalue weighted by atomic mass is 127. The van der Waals surface area contributed by atoms with Crippen LogP contribution in [0.15, 0.2) is 48.1 Å². The summed E-state index contributed by atoms with van der Waals surface area (Å²) < 4.78 is 7.15. The first kappa shape index (κ1) is 29.1. The van der Waals surface area contributed by atoms with E-state index < -0.39 is 18.2 Å². The van der Waals surface area contributed by atoms with Crippen molar-refractivity contribution in [2.75, 3.05) is 19.7 Å². The first-order chi connectivity index (χ1) is 18.2. The van der Waals surface area contributed by atoms with Crippen molar-refractivity contribution in [3.05, 3.63) is 51.6 Å². The van der Waals surface area contributed by atoms with Crippen molar-refractivity contribution in [3.8, 4) is 5.75 Å². The number of hydrogen-bond acceptors (Lipinski definition) is 5. The number of rotatable bonds is 10.